The number of carbonyl (C=O) groups excluding carboxylic acids is 6. The fraction of sp³-hybridized carbons (Fsp3) is 0.611. The highest BCUT2D eigenvalue weighted by Crippen LogP contribution is 2.19. The van der Waals surface area contributed by atoms with Crippen molar-refractivity contribution in [3.63, 3.8) is 0 Å². The Hall–Kier alpha value is -4.50. The fourth-order valence-corrected chi connectivity index (χ4v) is 5.50. The first kappa shape index (κ1) is 42.7. The number of hydrazine groups is 1. The number of rotatable bonds is 18. The predicted octanol–water partition coefficient (Wildman–Crippen LogP) is 1.45. The molecule has 1 heterocycles. The van der Waals surface area contributed by atoms with Crippen molar-refractivity contribution in [1.82, 2.24) is 31.7 Å². The Bertz CT molecular complexity index is 1510. The van der Waals surface area contributed by atoms with Crippen molar-refractivity contribution in [3.8, 4) is 0 Å². The SMILES string of the molecule is CC(C)C[C@H](NC(=O)[C@@H](CC(=O)OC(C)(C)C)NC(=O)[C@H](N)Cc1c[nH]c2ccccc12)C(=O)N[C@@H](C(=O)N[C@@H](CC(C)C)C(=O)NN)C(C)C. The maximum atomic E-state index is 13.8. The van der Waals surface area contributed by atoms with Crippen LogP contribution in [0.25, 0.3) is 10.9 Å². The van der Waals surface area contributed by atoms with E-state index in [4.69, 9.17) is 16.3 Å². The molecule has 5 amide bonds. The van der Waals surface area contributed by atoms with Gasteiger partial charge in [-0.05, 0) is 69.4 Å². The third-order valence-corrected chi connectivity index (χ3v) is 7.94. The van der Waals surface area contributed by atoms with Gasteiger partial charge < -0.3 is 36.7 Å². The zero-order chi connectivity index (χ0) is 38.6. The second kappa shape index (κ2) is 19.2. The van der Waals surface area contributed by atoms with Crippen LogP contribution in [0, 0.1) is 17.8 Å². The van der Waals surface area contributed by atoms with Crippen LogP contribution in [-0.2, 0) is 39.9 Å². The minimum Gasteiger partial charge on any atom is -0.460 e. The highest BCUT2D eigenvalue weighted by molar-refractivity contribution is 5.97. The number of nitrogens with two attached hydrogens (primary N) is 2. The van der Waals surface area contributed by atoms with Gasteiger partial charge in [0.05, 0.1) is 12.5 Å². The van der Waals surface area contributed by atoms with E-state index in [0.717, 1.165) is 16.5 Å². The quantitative estimate of drug-likeness (QED) is 0.0482. The number of H-pyrrole nitrogens is 1. The molecule has 1 aromatic carbocycles. The van der Waals surface area contributed by atoms with Crippen LogP contribution in [0.5, 0.6) is 0 Å². The summed E-state index contributed by atoms with van der Waals surface area (Å²) in [5.74, 6) is 0.845. The van der Waals surface area contributed by atoms with Gasteiger partial charge in [0.1, 0.15) is 29.8 Å². The number of amides is 5. The fourth-order valence-electron chi connectivity index (χ4n) is 5.50. The Kier molecular flexibility index (Phi) is 16.1. The molecule has 1 aromatic heterocycles. The van der Waals surface area contributed by atoms with Gasteiger partial charge in [0, 0.05) is 17.1 Å². The van der Waals surface area contributed by atoms with E-state index < -0.39 is 83.7 Å². The number of benzene rings is 1. The summed E-state index contributed by atoms with van der Waals surface area (Å²) >= 11 is 0. The third kappa shape index (κ3) is 14.0. The van der Waals surface area contributed by atoms with Gasteiger partial charge in [0.15, 0.2) is 0 Å². The minimum atomic E-state index is -1.43. The first-order valence-electron chi connectivity index (χ1n) is 17.5. The molecular weight excluding hydrogens is 656 g/mol. The van der Waals surface area contributed by atoms with Crippen LogP contribution < -0.4 is 38.3 Å². The van der Waals surface area contributed by atoms with Gasteiger partial charge in [-0.25, -0.2) is 5.84 Å². The van der Waals surface area contributed by atoms with Crippen molar-refractivity contribution in [2.45, 2.75) is 124 Å². The van der Waals surface area contributed by atoms with E-state index in [1.807, 2.05) is 52.0 Å². The summed E-state index contributed by atoms with van der Waals surface area (Å²) in [7, 11) is 0. The molecule has 0 saturated carbocycles. The van der Waals surface area contributed by atoms with Crippen LogP contribution in [-0.4, -0.2) is 76.3 Å². The summed E-state index contributed by atoms with van der Waals surface area (Å²) in [6.45, 7) is 16.0. The summed E-state index contributed by atoms with van der Waals surface area (Å²) in [5.41, 5.74) is 9.17. The molecule has 0 bridgehead atoms. The highest BCUT2D eigenvalue weighted by Gasteiger charge is 2.35. The van der Waals surface area contributed by atoms with Crippen molar-refractivity contribution in [2.24, 2.45) is 29.3 Å². The Morgan fingerprint density at radius 3 is 1.82 bits per heavy atom. The van der Waals surface area contributed by atoms with Crippen LogP contribution in [0.2, 0.25) is 0 Å². The minimum absolute atomic E-state index is 0.0579. The molecule has 15 nitrogen and oxygen atoms in total. The Morgan fingerprint density at radius 2 is 1.27 bits per heavy atom. The molecule has 15 heteroatoms. The summed E-state index contributed by atoms with van der Waals surface area (Å²) in [6, 6.07) is 1.91. The number of nitrogens with one attached hydrogen (secondary N) is 6. The van der Waals surface area contributed by atoms with E-state index in [1.54, 1.807) is 40.8 Å². The largest absolute Gasteiger partial charge is 0.460 e. The Morgan fingerprint density at radius 1 is 0.745 bits per heavy atom. The van der Waals surface area contributed by atoms with Gasteiger partial charge in [0.2, 0.25) is 23.6 Å². The summed E-state index contributed by atoms with van der Waals surface area (Å²) < 4.78 is 5.43. The smallest absolute Gasteiger partial charge is 0.308 e. The summed E-state index contributed by atoms with van der Waals surface area (Å²) in [4.78, 5) is 82.7. The maximum absolute atomic E-state index is 13.8. The second-order valence-electron chi connectivity index (χ2n) is 15.1. The zero-order valence-electron chi connectivity index (χ0n) is 31.3. The van der Waals surface area contributed by atoms with Crippen LogP contribution in [0.3, 0.4) is 0 Å². The Balaban J connectivity index is 2.29. The number of hydrogen-bond acceptors (Lipinski definition) is 9. The number of fused-ring (bicyclic) bond motifs is 1. The molecule has 0 aliphatic rings. The normalized spacial score (nSPS) is 14.7. The molecule has 0 unspecified atom stereocenters. The lowest BCUT2D eigenvalue weighted by Crippen LogP contribution is -2.60. The molecule has 51 heavy (non-hydrogen) atoms. The maximum Gasteiger partial charge on any atom is 0.308 e. The first-order valence-corrected chi connectivity index (χ1v) is 17.5. The number of ether oxygens (including phenoxy) is 1. The number of para-hydroxylation sites is 1. The number of esters is 1. The average molecular weight is 715 g/mol. The molecule has 0 saturated heterocycles. The standard InChI is InChI=1S/C36H58N8O7/c1-19(2)14-26(33(48)43-30(21(5)6)35(50)42-27(15-20(3)4)34(49)44-38)41-32(47)28(17-29(45)51-36(7,8)9)40-31(46)24(37)16-22-18-39-25-13-11-10-12-23(22)25/h10-13,18-21,24,26-28,30,39H,14-17,37-38H2,1-9H3,(H,40,46)(H,41,47)(H,42,50)(H,43,48)(H,44,49)/t24-,26+,27+,28-,30-/m1/s1. The van der Waals surface area contributed by atoms with Crippen LogP contribution in [0.4, 0.5) is 0 Å². The summed E-state index contributed by atoms with van der Waals surface area (Å²) in [6.07, 6.45) is 1.87. The zero-order valence-corrected chi connectivity index (χ0v) is 31.3. The van der Waals surface area contributed by atoms with Gasteiger partial charge >= 0.3 is 5.97 Å². The molecule has 0 aliphatic carbocycles. The van der Waals surface area contributed by atoms with Gasteiger partial charge in [0.25, 0.3) is 5.91 Å². The van der Waals surface area contributed by atoms with E-state index in [-0.39, 0.29) is 24.7 Å². The number of carbonyl (C=O) groups is 6. The molecule has 5 atom stereocenters. The highest BCUT2D eigenvalue weighted by atomic mass is 16.6. The van der Waals surface area contributed by atoms with E-state index in [2.05, 4.69) is 31.7 Å². The lowest BCUT2D eigenvalue weighted by molar-refractivity contribution is -0.156. The second-order valence-corrected chi connectivity index (χ2v) is 15.1. The molecule has 284 valence electrons. The van der Waals surface area contributed by atoms with Crippen LogP contribution in [0.15, 0.2) is 30.5 Å². The lowest BCUT2D eigenvalue weighted by atomic mass is 9.98. The molecular formula is C36H58N8O7. The third-order valence-electron chi connectivity index (χ3n) is 7.94. The van der Waals surface area contributed by atoms with E-state index >= 15 is 0 Å². The molecule has 0 fully saturated rings. The average Bonchev–Trinajstić information content (AvgIpc) is 3.42. The van der Waals surface area contributed by atoms with Gasteiger partial charge in [-0.15, -0.1) is 0 Å². The van der Waals surface area contributed by atoms with Gasteiger partial charge in [-0.1, -0.05) is 59.7 Å². The van der Waals surface area contributed by atoms with Gasteiger partial charge in [-0.2, -0.15) is 0 Å². The summed E-state index contributed by atoms with van der Waals surface area (Å²) in [5, 5.41) is 11.6. The number of hydrogen-bond donors (Lipinski definition) is 8. The molecule has 0 radical (unpaired) electrons. The molecule has 2 rings (SSSR count). The van der Waals surface area contributed by atoms with E-state index in [1.165, 1.54) is 0 Å². The first-order chi connectivity index (χ1) is 23.7. The molecule has 2 aromatic rings. The number of aromatic nitrogens is 1. The van der Waals surface area contributed by atoms with Crippen LogP contribution in [0.1, 0.15) is 87.1 Å². The number of aromatic amines is 1. The topological polar surface area (TPSA) is 240 Å². The predicted molar refractivity (Wildman–Crippen MR) is 194 cm³/mol. The lowest BCUT2D eigenvalue weighted by Gasteiger charge is -2.29. The Labute approximate surface area is 300 Å². The van der Waals surface area contributed by atoms with Crippen molar-refractivity contribution in [2.75, 3.05) is 0 Å². The monoisotopic (exact) mass is 714 g/mol. The van der Waals surface area contributed by atoms with Gasteiger partial charge in [-0.3, -0.25) is 34.2 Å². The molecule has 0 spiro atoms. The molecule has 0 aliphatic heterocycles. The molecule has 10 N–H and O–H groups in total. The van der Waals surface area contributed by atoms with E-state index in [0.29, 0.717) is 6.42 Å². The van der Waals surface area contributed by atoms with E-state index in [9.17, 15) is 28.8 Å². The van der Waals surface area contributed by atoms with Crippen molar-refractivity contribution in [3.05, 3.63) is 36.0 Å². The van der Waals surface area contributed by atoms with Crippen molar-refractivity contribution in [1.29, 1.82) is 0 Å². The van der Waals surface area contributed by atoms with Crippen LogP contribution >= 0.6 is 0 Å². The van der Waals surface area contributed by atoms with Crippen molar-refractivity contribution < 1.29 is 33.5 Å². The van der Waals surface area contributed by atoms with Crippen molar-refractivity contribution >= 4 is 46.4 Å².